The molecule has 2 heterocycles. The molecule has 14 nitrogen and oxygen atoms in total. The van der Waals surface area contributed by atoms with E-state index in [1.165, 1.54) is 38.6 Å². The van der Waals surface area contributed by atoms with Crippen molar-refractivity contribution in [2.45, 2.75) is 113 Å². The van der Waals surface area contributed by atoms with Crippen molar-refractivity contribution in [2.24, 2.45) is 0 Å². The number of benzene rings is 4. The van der Waals surface area contributed by atoms with Crippen LogP contribution in [0.1, 0.15) is 82.8 Å². The Balaban J connectivity index is 0.000000256. The number of anilines is 2. The van der Waals surface area contributed by atoms with Gasteiger partial charge in [-0.3, -0.25) is 14.3 Å². The summed E-state index contributed by atoms with van der Waals surface area (Å²) in [6.07, 6.45) is -1.73. The molecule has 0 saturated heterocycles. The van der Waals surface area contributed by atoms with Crippen LogP contribution in [0, 0.1) is 0 Å². The molecule has 2 aliphatic heterocycles. The number of aliphatic hydroxyl groups is 2. The largest absolute Gasteiger partial charge is 0.516 e. The number of carbonyl (C=O) groups is 1. The fourth-order valence-electron chi connectivity index (χ4n) is 7.24. The zero-order chi connectivity index (χ0) is 50.0. The van der Waals surface area contributed by atoms with E-state index in [4.69, 9.17) is 14.2 Å². The van der Waals surface area contributed by atoms with Gasteiger partial charge in [-0.05, 0) is 91.1 Å². The van der Waals surface area contributed by atoms with E-state index in [9.17, 15) is 58.2 Å². The summed E-state index contributed by atoms with van der Waals surface area (Å²) in [5.41, 5.74) is -11.9. The zero-order valence-electron chi connectivity index (χ0n) is 37.6. The fraction of sp³-hybridized carbons (Fsp3) is 0.444. The smallest absolute Gasteiger partial charge is 0.485 e. The van der Waals surface area contributed by atoms with Crippen LogP contribution in [0.4, 0.5) is 42.5 Å². The van der Waals surface area contributed by atoms with E-state index in [1.807, 2.05) is 60.7 Å². The third-order valence-electron chi connectivity index (χ3n) is 10.6. The van der Waals surface area contributed by atoms with Gasteiger partial charge < -0.3 is 29.7 Å². The molecular weight excluding hydrogens is 935 g/mol. The van der Waals surface area contributed by atoms with Crippen molar-refractivity contribution in [1.82, 2.24) is 10.2 Å². The van der Waals surface area contributed by atoms with Crippen LogP contribution in [0.25, 0.3) is 0 Å². The Labute approximate surface area is 385 Å². The molecule has 2 aliphatic rings. The van der Waals surface area contributed by atoms with Crippen LogP contribution in [0.15, 0.2) is 97.1 Å². The number of nitrogens with one attached hydrogen (secondary N) is 3. The minimum atomic E-state index is -5.66. The fourth-order valence-corrected chi connectivity index (χ4v) is 8.35. The highest BCUT2D eigenvalue weighted by Gasteiger charge is 2.50. The number of rotatable bonds is 12. The standard InChI is InChI=1S/C25H31F3N2O6S.C20H23F3N2O4S/c1-23(2,3)36-22(32)30(14-13-16-9-7-6-8-10-16)20-18-12-11-17(29-37(33,34)25(26,27)28)15-19(18)35-24(4,5)21(20)31;1-19(2)18(26)17(24-11-10-13-6-4-3-5-7-13)15-9-8-14(12-16(15)29-19)25-30(27,28)20(21,22)23/h6-12,15,20-21,29,31H,13-14H2,1-5H3;3-9,12,17-18,24-26H,10-11H2,1-2H3/t20-,21+;17-,18+/m00/s1. The monoisotopic (exact) mass is 988 g/mol. The second kappa shape index (κ2) is 19.7. The lowest BCUT2D eigenvalue weighted by Crippen LogP contribution is -2.55. The highest BCUT2D eigenvalue weighted by molar-refractivity contribution is 7.93. The highest BCUT2D eigenvalue weighted by Crippen LogP contribution is 2.45. The molecule has 0 saturated carbocycles. The molecule has 0 spiro atoms. The molecule has 4 aromatic carbocycles. The Morgan fingerprint density at radius 3 is 1.57 bits per heavy atom. The van der Waals surface area contributed by atoms with Gasteiger partial charge in [-0.15, -0.1) is 0 Å². The van der Waals surface area contributed by atoms with Gasteiger partial charge in [-0.2, -0.15) is 43.2 Å². The van der Waals surface area contributed by atoms with Gasteiger partial charge in [0.25, 0.3) is 0 Å². The SMILES string of the molecule is CC(C)(C)OC(=O)N(CCc1ccccc1)[C@H]1c2ccc(NS(=O)(=O)C(F)(F)F)cc2OC(C)(C)[C@@H]1O.CC1(C)Oc2cc(NS(=O)(=O)C(F)(F)F)ccc2[C@H](NCCc2ccccc2)[C@H]1O. The van der Waals surface area contributed by atoms with Gasteiger partial charge in [0.1, 0.15) is 40.5 Å². The topological polar surface area (TPSA) is 193 Å². The molecule has 5 N–H and O–H groups in total. The first kappa shape index (κ1) is 52.7. The quantitative estimate of drug-likeness (QED) is 0.0857. The molecule has 4 atom stereocenters. The molecule has 6 rings (SSSR count). The average molecular weight is 989 g/mol. The maximum absolute atomic E-state index is 13.3. The number of amides is 1. The van der Waals surface area contributed by atoms with Crippen molar-refractivity contribution >= 4 is 37.5 Å². The molecule has 67 heavy (non-hydrogen) atoms. The van der Waals surface area contributed by atoms with Crippen LogP contribution in [0.2, 0.25) is 0 Å². The highest BCUT2D eigenvalue weighted by atomic mass is 32.2. The van der Waals surface area contributed by atoms with Crippen molar-refractivity contribution < 1.29 is 72.4 Å². The van der Waals surface area contributed by atoms with Crippen LogP contribution in [0.3, 0.4) is 0 Å². The first-order valence-corrected chi connectivity index (χ1v) is 23.8. The van der Waals surface area contributed by atoms with Crippen LogP contribution >= 0.6 is 0 Å². The molecule has 0 unspecified atom stereocenters. The number of nitrogens with zero attached hydrogens (tertiary/aromatic N) is 1. The number of alkyl halides is 6. The second-order valence-electron chi connectivity index (χ2n) is 17.9. The third kappa shape index (κ3) is 13.0. The first-order chi connectivity index (χ1) is 30.8. The second-order valence-corrected chi connectivity index (χ2v) is 21.3. The van der Waals surface area contributed by atoms with E-state index in [-0.39, 0.29) is 29.4 Å². The van der Waals surface area contributed by atoms with E-state index in [0.29, 0.717) is 30.5 Å². The van der Waals surface area contributed by atoms with E-state index in [2.05, 4.69) is 5.32 Å². The molecule has 0 radical (unpaired) electrons. The predicted molar refractivity (Wildman–Crippen MR) is 238 cm³/mol. The molecule has 0 fully saturated rings. The summed E-state index contributed by atoms with van der Waals surface area (Å²) in [6, 6.07) is 25.0. The van der Waals surface area contributed by atoms with Gasteiger partial charge in [-0.1, -0.05) is 72.8 Å². The number of fused-ring (bicyclic) bond motifs is 2. The van der Waals surface area contributed by atoms with Crippen molar-refractivity contribution in [3.8, 4) is 11.5 Å². The first-order valence-electron chi connectivity index (χ1n) is 20.8. The van der Waals surface area contributed by atoms with Gasteiger partial charge in [0.15, 0.2) is 0 Å². The Morgan fingerprint density at radius 2 is 1.10 bits per heavy atom. The summed E-state index contributed by atoms with van der Waals surface area (Å²) < 4.78 is 143. The molecule has 0 aliphatic carbocycles. The molecule has 0 aromatic heterocycles. The molecular formula is C45H54F6N4O10S2. The van der Waals surface area contributed by atoms with E-state index >= 15 is 0 Å². The summed E-state index contributed by atoms with van der Waals surface area (Å²) in [5, 5.41) is 25.3. The lowest BCUT2D eigenvalue weighted by molar-refractivity contribution is -0.0937. The van der Waals surface area contributed by atoms with Crippen molar-refractivity contribution in [3.05, 3.63) is 119 Å². The normalized spacial score (nSPS) is 20.0. The number of ether oxygens (including phenoxy) is 3. The predicted octanol–water partition coefficient (Wildman–Crippen LogP) is 8.35. The molecule has 22 heteroatoms. The number of sulfonamides is 2. The molecule has 4 aromatic rings. The Kier molecular flexibility index (Phi) is 15.5. The van der Waals surface area contributed by atoms with Crippen molar-refractivity contribution in [3.63, 3.8) is 0 Å². The summed E-state index contributed by atoms with van der Waals surface area (Å²) in [5.74, 6) is 0.223. The average Bonchev–Trinajstić information content (AvgIpc) is 3.19. The summed E-state index contributed by atoms with van der Waals surface area (Å²) in [7, 11) is -11.2. The number of hydrogen-bond acceptors (Lipinski definition) is 11. The van der Waals surface area contributed by atoms with Crippen LogP contribution in [0.5, 0.6) is 11.5 Å². The van der Waals surface area contributed by atoms with E-state index < -0.39 is 78.3 Å². The summed E-state index contributed by atoms with van der Waals surface area (Å²) >= 11 is 0. The Hall–Kier alpha value is -5.29. The lowest BCUT2D eigenvalue weighted by atomic mass is 9.85. The van der Waals surface area contributed by atoms with Gasteiger partial charge in [0, 0.05) is 29.8 Å². The molecule has 0 bridgehead atoms. The Bertz CT molecular complexity index is 2580. The lowest BCUT2D eigenvalue weighted by Gasteiger charge is -2.46. The third-order valence-corrected chi connectivity index (χ3v) is 12.9. The van der Waals surface area contributed by atoms with E-state index in [0.717, 1.165) is 23.3 Å². The maximum Gasteiger partial charge on any atom is 0.516 e. The maximum atomic E-state index is 13.3. The number of carbonyl (C=O) groups excluding carboxylic acids is 1. The summed E-state index contributed by atoms with van der Waals surface area (Å²) in [4.78, 5) is 14.7. The zero-order valence-corrected chi connectivity index (χ0v) is 39.2. The van der Waals surface area contributed by atoms with Gasteiger partial charge in [0.05, 0.1) is 23.5 Å². The summed E-state index contributed by atoms with van der Waals surface area (Å²) in [6.45, 7) is 12.2. The van der Waals surface area contributed by atoms with Crippen molar-refractivity contribution in [1.29, 1.82) is 0 Å². The molecule has 368 valence electrons. The Morgan fingerprint density at radius 1 is 0.672 bits per heavy atom. The number of halogens is 6. The minimum Gasteiger partial charge on any atom is -0.485 e. The van der Waals surface area contributed by atoms with Crippen LogP contribution in [-0.4, -0.2) is 91.2 Å². The number of hydrogen-bond donors (Lipinski definition) is 5. The number of aliphatic hydroxyl groups excluding tert-OH is 2. The van der Waals surface area contributed by atoms with Gasteiger partial charge in [0.2, 0.25) is 0 Å². The minimum absolute atomic E-state index is 0.0240. The molecule has 1 amide bonds. The van der Waals surface area contributed by atoms with Gasteiger partial charge >= 0.3 is 37.2 Å². The van der Waals surface area contributed by atoms with Crippen LogP contribution < -0.4 is 24.2 Å². The van der Waals surface area contributed by atoms with E-state index in [1.54, 1.807) is 48.5 Å². The van der Waals surface area contributed by atoms with Crippen molar-refractivity contribution in [2.75, 3.05) is 22.5 Å². The van der Waals surface area contributed by atoms with Gasteiger partial charge in [-0.25, -0.2) is 4.79 Å². The van der Waals surface area contributed by atoms with Crippen LogP contribution in [-0.2, 0) is 37.6 Å².